The molecule has 4 heteroatoms. The van der Waals surface area contributed by atoms with Gasteiger partial charge in [-0.2, -0.15) is 0 Å². The first-order valence-electron chi connectivity index (χ1n) is 12.9. The standard InChI is InChI=1S/C28H46O4/c1-3-4-5-6-7-8-9-10-11-12-13-14-15-16-17-18-23-32-28(30)22-20-25-19-21-27(31-2)26(29)24-25/h19-22,24,29H,3-18,23H2,1-2H3. The van der Waals surface area contributed by atoms with E-state index in [1.807, 2.05) is 0 Å². The van der Waals surface area contributed by atoms with Gasteiger partial charge in [-0.3, -0.25) is 0 Å². The highest BCUT2D eigenvalue weighted by Crippen LogP contribution is 2.26. The number of methoxy groups -OCH3 is 1. The Morgan fingerprint density at radius 2 is 1.31 bits per heavy atom. The molecule has 4 nitrogen and oxygen atoms in total. The van der Waals surface area contributed by atoms with E-state index >= 15 is 0 Å². The molecule has 0 bridgehead atoms. The van der Waals surface area contributed by atoms with Gasteiger partial charge < -0.3 is 14.6 Å². The fraction of sp³-hybridized carbons (Fsp3) is 0.679. The van der Waals surface area contributed by atoms with Gasteiger partial charge in [-0.25, -0.2) is 4.79 Å². The van der Waals surface area contributed by atoms with Crippen molar-refractivity contribution in [3.8, 4) is 11.5 Å². The largest absolute Gasteiger partial charge is 0.504 e. The molecule has 0 saturated carbocycles. The van der Waals surface area contributed by atoms with Gasteiger partial charge in [0.25, 0.3) is 0 Å². The number of phenolic OH excluding ortho intramolecular Hbond substituents is 1. The lowest BCUT2D eigenvalue weighted by atomic mass is 10.0. The molecule has 0 aromatic heterocycles. The summed E-state index contributed by atoms with van der Waals surface area (Å²) in [5.41, 5.74) is 0.725. The van der Waals surface area contributed by atoms with Gasteiger partial charge in [0.05, 0.1) is 13.7 Å². The zero-order chi connectivity index (χ0) is 23.3. The summed E-state index contributed by atoms with van der Waals surface area (Å²) in [6, 6.07) is 4.99. The molecule has 0 spiro atoms. The first-order valence-corrected chi connectivity index (χ1v) is 12.9. The molecule has 0 fully saturated rings. The zero-order valence-corrected chi connectivity index (χ0v) is 20.6. The number of ether oxygens (including phenoxy) is 2. The fourth-order valence-corrected chi connectivity index (χ4v) is 3.85. The van der Waals surface area contributed by atoms with Crippen LogP contribution in [0.2, 0.25) is 0 Å². The van der Waals surface area contributed by atoms with Crippen LogP contribution in [0.25, 0.3) is 6.08 Å². The highest BCUT2D eigenvalue weighted by atomic mass is 16.5. The van der Waals surface area contributed by atoms with Gasteiger partial charge in [0.1, 0.15) is 0 Å². The molecule has 0 atom stereocenters. The summed E-state index contributed by atoms with van der Waals surface area (Å²) in [5.74, 6) is 0.116. The molecule has 182 valence electrons. The van der Waals surface area contributed by atoms with Gasteiger partial charge in [-0.15, -0.1) is 0 Å². The summed E-state index contributed by atoms with van der Waals surface area (Å²) in [4.78, 5) is 11.8. The molecular formula is C28H46O4. The van der Waals surface area contributed by atoms with Crippen LogP contribution < -0.4 is 4.74 Å². The minimum absolute atomic E-state index is 0.0520. The number of hydrogen-bond acceptors (Lipinski definition) is 4. The van der Waals surface area contributed by atoms with Crippen molar-refractivity contribution >= 4 is 12.0 Å². The van der Waals surface area contributed by atoms with E-state index in [2.05, 4.69) is 6.92 Å². The number of carbonyl (C=O) groups excluding carboxylic acids is 1. The van der Waals surface area contributed by atoms with Crippen molar-refractivity contribution in [2.24, 2.45) is 0 Å². The Morgan fingerprint density at radius 1 is 0.812 bits per heavy atom. The van der Waals surface area contributed by atoms with E-state index in [1.165, 1.54) is 103 Å². The summed E-state index contributed by atoms with van der Waals surface area (Å²) in [5, 5.41) is 9.75. The summed E-state index contributed by atoms with van der Waals surface area (Å²) in [6.07, 6.45) is 24.3. The molecule has 0 aliphatic rings. The summed E-state index contributed by atoms with van der Waals surface area (Å²) in [6.45, 7) is 2.74. The van der Waals surface area contributed by atoms with Crippen molar-refractivity contribution in [2.75, 3.05) is 13.7 Å². The molecule has 0 unspecified atom stereocenters. The Morgan fingerprint density at radius 3 is 1.78 bits per heavy atom. The number of esters is 1. The average Bonchev–Trinajstić information content (AvgIpc) is 2.79. The monoisotopic (exact) mass is 446 g/mol. The SMILES string of the molecule is CCCCCCCCCCCCCCCCCCOC(=O)C=Cc1ccc(OC)c(O)c1. The van der Waals surface area contributed by atoms with E-state index in [9.17, 15) is 9.90 Å². The van der Waals surface area contributed by atoms with Crippen molar-refractivity contribution in [1.29, 1.82) is 0 Å². The Balaban J connectivity index is 1.88. The lowest BCUT2D eigenvalue weighted by molar-refractivity contribution is -0.137. The molecule has 1 rings (SSSR count). The van der Waals surface area contributed by atoms with Crippen LogP contribution in [0.5, 0.6) is 11.5 Å². The van der Waals surface area contributed by atoms with E-state index < -0.39 is 0 Å². The van der Waals surface area contributed by atoms with Crippen LogP contribution in [0.1, 0.15) is 115 Å². The zero-order valence-electron chi connectivity index (χ0n) is 20.6. The normalized spacial score (nSPS) is 11.2. The second-order valence-electron chi connectivity index (χ2n) is 8.74. The molecule has 0 aliphatic carbocycles. The van der Waals surface area contributed by atoms with Gasteiger partial charge in [0.15, 0.2) is 11.5 Å². The van der Waals surface area contributed by atoms with Gasteiger partial charge in [-0.1, -0.05) is 109 Å². The third-order valence-corrected chi connectivity index (χ3v) is 5.86. The fourth-order valence-electron chi connectivity index (χ4n) is 3.85. The van der Waals surface area contributed by atoms with Gasteiger partial charge in [-0.05, 0) is 30.2 Å². The number of hydrogen-bond donors (Lipinski definition) is 1. The number of aromatic hydroxyl groups is 1. The predicted octanol–water partition coefficient (Wildman–Crippen LogP) is 8.22. The molecule has 1 aromatic rings. The van der Waals surface area contributed by atoms with Crippen molar-refractivity contribution in [1.82, 2.24) is 0 Å². The maximum Gasteiger partial charge on any atom is 0.330 e. The van der Waals surface area contributed by atoms with E-state index in [0.29, 0.717) is 12.4 Å². The van der Waals surface area contributed by atoms with Crippen LogP contribution in [0.3, 0.4) is 0 Å². The van der Waals surface area contributed by atoms with Crippen molar-refractivity contribution < 1.29 is 19.4 Å². The van der Waals surface area contributed by atoms with Gasteiger partial charge in [0.2, 0.25) is 0 Å². The molecule has 1 aromatic carbocycles. The predicted molar refractivity (Wildman–Crippen MR) is 134 cm³/mol. The van der Waals surface area contributed by atoms with Crippen LogP contribution in [-0.2, 0) is 9.53 Å². The Bertz CT molecular complexity index is 624. The molecule has 0 aliphatic heterocycles. The third kappa shape index (κ3) is 14.9. The smallest absolute Gasteiger partial charge is 0.330 e. The van der Waals surface area contributed by atoms with Crippen LogP contribution in [-0.4, -0.2) is 24.8 Å². The van der Waals surface area contributed by atoms with E-state index in [4.69, 9.17) is 9.47 Å². The second-order valence-corrected chi connectivity index (χ2v) is 8.74. The maximum atomic E-state index is 11.8. The number of phenols is 1. The molecule has 0 amide bonds. The summed E-state index contributed by atoms with van der Waals surface area (Å²) in [7, 11) is 1.50. The molecule has 0 saturated heterocycles. The number of rotatable bonds is 20. The van der Waals surface area contributed by atoms with Crippen molar-refractivity contribution in [3.63, 3.8) is 0 Å². The number of benzene rings is 1. The minimum atomic E-state index is -0.346. The molecule has 0 heterocycles. The average molecular weight is 447 g/mol. The quantitative estimate of drug-likeness (QED) is 0.124. The van der Waals surface area contributed by atoms with Crippen LogP contribution in [0.15, 0.2) is 24.3 Å². The first-order chi connectivity index (χ1) is 15.7. The minimum Gasteiger partial charge on any atom is -0.504 e. The molecule has 32 heavy (non-hydrogen) atoms. The lowest BCUT2D eigenvalue weighted by Gasteiger charge is -2.04. The van der Waals surface area contributed by atoms with Crippen LogP contribution >= 0.6 is 0 Å². The second kappa shape index (κ2) is 19.7. The van der Waals surface area contributed by atoms with Crippen molar-refractivity contribution in [2.45, 2.75) is 110 Å². The van der Waals surface area contributed by atoms with E-state index in [0.717, 1.165) is 18.4 Å². The topological polar surface area (TPSA) is 55.8 Å². The maximum absolute atomic E-state index is 11.8. The molecule has 1 N–H and O–H groups in total. The highest BCUT2D eigenvalue weighted by molar-refractivity contribution is 5.87. The molecular weight excluding hydrogens is 400 g/mol. The number of unbranched alkanes of at least 4 members (excludes halogenated alkanes) is 15. The Hall–Kier alpha value is -1.97. The van der Waals surface area contributed by atoms with Gasteiger partial charge >= 0.3 is 5.97 Å². The summed E-state index contributed by atoms with van der Waals surface area (Å²) >= 11 is 0. The number of carbonyl (C=O) groups is 1. The van der Waals surface area contributed by atoms with Crippen molar-refractivity contribution in [3.05, 3.63) is 29.8 Å². The Kier molecular flexibility index (Phi) is 17.3. The van der Waals surface area contributed by atoms with E-state index in [-0.39, 0.29) is 11.7 Å². The highest BCUT2D eigenvalue weighted by Gasteiger charge is 2.02. The third-order valence-electron chi connectivity index (χ3n) is 5.86. The van der Waals surface area contributed by atoms with E-state index in [1.54, 1.807) is 24.3 Å². The molecule has 0 radical (unpaired) electrons. The van der Waals surface area contributed by atoms with Gasteiger partial charge in [0, 0.05) is 6.08 Å². The lowest BCUT2D eigenvalue weighted by Crippen LogP contribution is -2.02. The summed E-state index contributed by atoms with van der Waals surface area (Å²) < 4.78 is 10.2. The van der Waals surface area contributed by atoms with Crippen LogP contribution in [0.4, 0.5) is 0 Å². The first kappa shape index (κ1) is 28.1. The van der Waals surface area contributed by atoms with Crippen LogP contribution in [0, 0.1) is 0 Å². The Labute approximate surface area is 196 Å².